The van der Waals surface area contributed by atoms with Crippen LogP contribution < -0.4 is 9.47 Å². The summed E-state index contributed by atoms with van der Waals surface area (Å²) in [6.45, 7) is 18.6. The zero-order valence-corrected chi connectivity index (χ0v) is 80.7. The monoisotopic (exact) mass is 1820 g/mol. The van der Waals surface area contributed by atoms with Crippen LogP contribution in [0.3, 0.4) is 0 Å². The van der Waals surface area contributed by atoms with Crippen LogP contribution in [-0.4, -0.2) is 257 Å². The summed E-state index contributed by atoms with van der Waals surface area (Å²) < 4.78 is 108. The van der Waals surface area contributed by atoms with Gasteiger partial charge in [0, 0.05) is 78.4 Å². The Morgan fingerprint density at radius 1 is 0.437 bits per heavy atom. The largest absolute Gasteiger partial charge is 0.497 e. The van der Waals surface area contributed by atoms with E-state index in [9.17, 15) is 19.2 Å². The number of esters is 2. The van der Waals surface area contributed by atoms with Gasteiger partial charge in [-0.2, -0.15) is 0 Å². The molecule has 24 nitrogen and oxygen atoms in total. The molecule has 8 fully saturated rings. The standard InChI is InChI=1S/C42H67NO10.C41H65NO10.C16H15Cl3O2/c1-11-26-13-12-14-35(53-37-16-15-34(43(6)7)24(4)49-37)23(3)38(45)33-20-31-29(32(33)21-36(44)51-26)17-22(2)28-18-27(19-30(28)31)52-42-41(48-10)40(47-9)39(46-8)25(5)50-42;1-10-26-12-11-13-34(52-36-17-16-33(42(5)6)23(3)48-36)22(2)37(44)32-20-30-28(31(32)21-35(43)50-26)15-14-25-18-27(19-29(25)30)51-41-40(47-9)39(46-8)38(45-7)24(4)49-41;1-20-13-7-3-11(4-8-13)15(16(17,18)19)12-5-9-14(21-2)10-6-12/h17,20,23-32,34-35,37,39-42H,11-16,18-19,21H2,1-10H3;14-15,20,22-31,33-34,36,38-41H,10-13,16-19,21H2,1-9H3;3-10,15H,1-2H3/t23-,24-,25+,26+,27-,28+,29-,30-,31-,32+,34+,35+,37+,39+,40-,41-,42+;22-,23-,24+,25-,26+,27-,28-,29-,30-,31+,33+,34+,36+,38+,39-,40-,41+;/m11./s1. The average Bonchev–Trinajstić information content (AvgIpc) is 1.59. The van der Waals surface area contributed by atoms with E-state index in [2.05, 4.69) is 103 Å². The molecule has 6 saturated heterocycles. The van der Waals surface area contributed by atoms with Gasteiger partial charge in [0.15, 0.2) is 36.7 Å². The zero-order chi connectivity index (χ0) is 90.9. The van der Waals surface area contributed by atoms with E-state index in [0.717, 1.165) is 124 Å². The summed E-state index contributed by atoms with van der Waals surface area (Å²) in [5, 5.41) is 0. The first kappa shape index (κ1) is 100. The van der Waals surface area contributed by atoms with Crippen molar-refractivity contribution in [2.24, 2.45) is 71.0 Å². The van der Waals surface area contributed by atoms with Gasteiger partial charge in [-0.1, -0.05) is 123 Å². The fraction of sp³-hybridized carbons (Fsp3) is 0.758. The van der Waals surface area contributed by atoms with Gasteiger partial charge in [0.1, 0.15) is 60.3 Å². The van der Waals surface area contributed by atoms with Crippen molar-refractivity contribution in [1.82, 2.24) is 9.80 Å². The molecule has 34 atom stereocenters. The van der Waals surface area contributed by atoms with Crippen LogP contribution in [0.5, 0.6) is 11.5 Å². The first-order chi connectivity index (χ1) is 60.3. The highest BCUT2D eigenvalue weighted by Crippen LogP contribution is 2.58. The van der Waals surface area contributed by atoms with Crippen molar-refractivity contribution in [1.29, 1.82) is 0 Å². The highest BCUT2D eigenvalue weighted by molar-refractivity contribution is 6.68. The van der Waals surface area contributed by atoms with Crippen molar-refractivity contribution >= 4 is 58.3 Å². The Kier molecular flexibility index (Phi) is 36.3. The lowest BCUT2D eigenvalue weighted by Gasteiger charge is -2.44. The van der Waals surface area contributed by atoms with Crippen LogP contribution in [0.4, 0.5) is 0 Å². The quantitative estimate of drug-likeness (QED) is 0.0604. The number of benzene rings is 2. The van der Waals surface area contributed by atoms with Crippen LogP contribution in [0.2, 0.25) is 0 Å². The number of fused-ring (bicyclic) bond motifs is 10. The predicted octanol–water partition coefficient (Wildman–Crippen LogP) is 16.6. The number of cyclic esters (lactones) is 2. The van der Waals surface area contributed by atoms with Gasteiger partial charge in [-0.05, 0) is 259 Å². The third kappa shape index (κ3) is 23.3. The fourth-order valence-electron chi connectivity index (χ4n) is 23.3. The van der Waals surface area contributed by atoms with Crippen molar-refractivity contribution in [2.75, 3.05) is 85.1 Å². The highest BCUT2D eigenvalue weighted by atomic mass is 35.6. The third-order valence-electron chi connectivity index (χ3n) is 30.1. The summed E-state index contributed by atoms with van der Waals surface area (Å²) >= 11 is 18.6. The second kappa shape index (κ2) is 45.5. The van der Waals surface area contributed by atoms with Gasteiger partial charge >= 0.3 is 11.9 Å². The topological polar surface area (TPSA) is 241 Å². The predicted molar refractivity (Wildman–Crippen MR) is 481 cm³/mol. The first-order valence-electron chi connectivity index (χ1n) is 46.7. The number of ketones is 2. The molecule has 0 N–H and O–H groups in total. The van der Waals surface area contributed by atoms with Gasteiger partial charge in [0.2, 0.25) is 3.79 Å². The minimum Gasteiger partial charge on any atom is -0.497 e. The number of methoxy groups -OCH3 is 8. The molecule has 12 aliphatic rings. The van der Waals surface area contributed by atoms with Gasteiger partial charge < -0.3 is 95.1 Å². The van der Waals surface area contributed by atoms with Gasteiger partial charge in [-0.15, -0.1) is 0 Å². The molecule has 2 saturated carbocycles. The lowest BCUT2D eigenvalue weighted by Crippen LogP contribution is -2.59. The molecule has 6 aliphatic carbocycles. The maximum atomic E-state index is 14.7. The number of hydrogen-bond acceptors (Lipinski definition) is 24. The highest BCUT2D eigenvalue weighted by Gasteiger charge is 2.57. The van der Waals surface area contributed by atoms with E-state index in [0.29, 0.717) is 36.8 Å². The van der Waals surface area contributed by atoms with Crippen LogP contribution in [0, 0.1) is 71.0 Å². The van der Waals surface area contributed by atoms with E-state index in [1.807, 2.05) is 76.2 Å². The Hall–Kier alpha value is -4.49. The molecular formula is C99H147Cl3N2O22. The summed E-state index contributed by atoms with van der Waals surface area (Å²) in [5.41, 5.74) is 4.64. The molecule has 2 aromatic carbocycles. The number of nitrogens with zero attached hydrogens (tertiary/aromatic N) is 2. The van der Waals surface area contributed by atoms with Crippen LogP contribution in [-0.2, 0) is 95.0 Å². The molecule has 6 aliphatic heterocycles. The molecule has 0 spiro atoms. The zero-order valence-electron chi connectivity index (χ0n) is 78.5. The van der Waals surface area contributed by atoms with Gasteiger partial charge in [-0.25, -0.2) is 0 Å². The van der Waals surface area contributed by atoms with Crippen LogP contribution in [0.25, 0.3) is 0 Å². The SMILES string of the molecule is CC[C@H]1CCC[C@H](O[C@H]2CC[C@H](N(C)C)[C@@H](C)O2)[C@@H](C)C(=O)C2=C[C@@H]3[C@@H](C=C(C)[C@@H]4C[C@@H](O[C@@H]5O[C@@H](C)[C@H](OC)[C@@H](OC)[C@H]5OC)C[C@@H]34)[C@@H]2CC(=O)O1.CC[C@H]1CCC[C@H](O[C@H]2CC[C@H](N(C)C)[C@@H](C)O2)[C@@H](C)C(=O)C2=C[C@@H]3[C@@H](C=C[C@@H]4C[C@@H](O[C@@H]5O[C@@H](C)[C@H](OC)[C@@H](OC)[C@H]5OC)C[C@@H]34)[C@@H]2CC(=O)O1.COc1ccc(C(c2ccc(OC)cc2)C(Cl)(Cl)Cl)cc1. The minimum atomic E-state index is -1.46. The Labute approximate surface area is 765 Å². The summed E-state index contributed by atoms with van der Waals surface area (Å²) in [6, 6.07) is 15.7. The Balaban J connectivity index is 0.000000187. The molecule has 27 heteroatoms. The number of halogens is 3. The van der Waals surface area contributed by atoms with Crippen LogP contribution >= 0.6 is 34.8 Å². The van der Waals surface area contributed by atoms with E-state index in [-0.39, 0.29) is 199 Å². The number of allylic oxidation sites excluding steroid dienone is 8. The fourth-order valence-corrected chi connectivity index (χ4v) is 24.1. The second-order valence-corrected chi connectivity index (χ2v) is 40.4. The smallest absolute Gasteiger partial charge is 0.306 e. The number of alkyl halides is 3. The lowest BCUT2D eigenvalue weighted by molar-refractivity contribution is -0.314. The third-order valence-corrected chi connectivity index (χ3v) is 30.8. The molecular weight excluding hydrogens is 1680 g/mol. The minimum absolute atomic E-state index is 0.0364. The van der Waals surface area contributed by atoms with Crippen LogP contribution in [0.1, 0.15) is 195 Å². The average molecular weight is 1820 g/mol. The van der Waals surface area contributed by atoms with Crippen LogP contribution in [0.15, 0.2) is 95.6 Å². The van der Waals surface area contributed by atoms with Crippen molar-refractivity contribution < 1.29 is 104 Å². The van der Waals surface area contributed by atoms with Crippen molar-refractivity contribution in [2.45, 2.75) is 323 Å². The maximum Gasteiger partial charge on any atom is 0.306 e. The number of ether oxygens (including phenoxy) is 18. The molecule has 2 aromatic rings. The molecule has 0 bridgehead atoms. The number of hydrogen-bond donors (Lipinski definition) is 0. The molecule has 14 rings (SSSR count). The normalized spacial score (nSPS) is 39.8. The molecule has 0 radical (unpaired) electrons. The molecule has 126 heavy (non-hydrogen) atoms. The number of rotatable bonds is 22. The summed E-state index contributed by atoms with van der Waals surface area (Å²) in [7, 11) is 21.5. The molecule has 0 unspecified atom stereocenters. The number of Topliss-reactive ketones (excluding diaryl/α,β-unsaturated/α-hetero) is 2. The van der Waals surface area contributed by atoms with E-state index in [4.69, 9.17) is 120 Å². The number of carbonyl (C=O) groups excluding carboxylic acids is 4. The van der Waals surface area contributed by atoms with Crippen molar-refractivity contribution in [3.8, 4) is 11.5 Å². The van der Waals surface area contributed by atoms with E-state index >= 15 is 0 Å². The Morgan fingerprint density at radius 3 is 1.25 bits per heavy atom. The molecule has 0 amide bonds. The van der Waals surface area contributed by atoms with Gasteiger partial charge in [0.25, 0.3) is 0 Å². The molecule has 706 valence electrons. The van der Waals surface area contributed by atoms with E-state index in [1.165, 1.54) is 5.57 Å². The number of carbonyl (C=O) groups is 4. The second-order valence-electron chi connectivity index (χ2n) is 38.0. The first-order valence-corrected chi connectivity index (χ1v) is 47.8. The molecule has 0 aromatic heterocycles. The lowest BCUT2D eigenvalue weighted by atomic mass is 9.67. The Bertz CT molecular complexity index is 3930. The Morgan fingerprint density at radius 2 is 0.849 bits per heavy atom. The number of likely N-dealkylation sites (N-methyl/N-ethyl adjacent to an activating group) is 2. The van der Waals surface area contributed by atoms with Crippen molar-refractivity contribution in [3.63, 3.8) is 0 Å². The summed E-state index contributed by atoms with van der Waals surface area (Å²) in [6.07, 6.45) is 19.4. The summed E-state index contributed by atoms with van der Waals surface area (Å²) in [5.74, 6) is 1.18. The molecule has 6 heterocycles. The maximum absolute atomic E-state index is 14.7. The van der Waals surface area contributed by atoms with E-state index in [1.54, 1.807) is 56.9 Å². The van der Waals surface area contributed by atoms with Gasteiger partial charge in [-0.3, -0.25) is 19.2 Å². The van der Waals surface area contributed by atoms with Crippen molar-refractivity contribution in [3.05, 3.63) is 107 Å². The van der Waals surface area contributed by atoms with Gasteiger partial charge in [0.05, 0.1) is 81.8 Å². The van der Waals surface area contributed by atoms with E-state index < -0.39 is 28.6 Å². The summed E-state index contributed by atoms with van der Waals surface area (Å²) in [4.78, 5) is 60.9.